The predicted octanol–water partition coefficient (Wildman–Crippen LogP) is 4.88. The molecule has 1 unspecified atom stereocenters. The molecule has 4 rings (SSSR count). The lowest BCUT2D eigenvalue weighted by Crippen LogP contribution is -2.44. The van der Waals surface area contributed by atoms with Gasteiger partial charge in [-0.05, 0) is 88.7 Å². The summed E-state index contributed by atoms with van der Waals surface area (Å²) in [5.41, 5.74) is 2.48. The fourth-order valence-corrected chi connectivity index (χ4v) is 6.71. The van der Waals surface area contributed by atoms with Crippen LogP contribution in [0.2, 0.25) is 0 Å². The molecule has 9 nitrogen and oxygen atoms in total. The summed E-state index contributed by atoms with van der Waals surface area (Å²) >= 11 is 0. The maximum absolute atomic E-state index is 13.7. The van der Waals surface area contributed by atoms with E-state index in [4.69, 9.17) is 14.6 Å². The highest BCUT2D eigenvalue weighted by molar-refractivity contribution is 5.84. The van der Waals surface area contributed by atoms with Crippen molar-refractivity contribution in [1.82, 2.24) is 19.6 Å². The summed E-state index contributed by atoms with van der Waals surface area (Å²) in [6.07, 6.45) is 9.11. The number of nitrogens with zero attached hydrogens (tertiary/aromatic N) is 4. The van der Waals surface area contributed by atoms with Gasteiger partial charge in [-0.25, -0.2) is 0 Å². The van der Waals surface area contributed by atoms with E-state index in [9.17, 15) is 9.59 Å². The molecule has 2 amide bonds. The zero-order valence-electron chi connectivity index (χ0n) is 28.3. The van der Waals surface area contributed by atoms with Crippen molar-refractivity contribution < 1.29 is 24.2 Å². The Hall–Kier alpha value is -2.65. The van der Waals surface area contributed by atoms with Crippen LogP contribution in [0.5, 0.6) is 5.75 Å². The molecule has 248 valence electrons. The van der Waals surface area contributed by atoms with Crippen molar-refractivity contribution in [3.8, 4) is 5.75 Å². The molecule has 0 spiro atoms. The number of aliphatic carboxylic acids is 1. The summed E-state index contributed by atoms with van der Waals surface area (Å²) < 4.78 is 5.75. The highest BCUT2D eigenvalue weighted by Crippen LogP contribution is 2.38. The van der Waals surface area contributed by atoms with E-state index in [0.717, 1.165) is 116 Å². The van der Waals surface area contributed by atoms with E-state index in [1.54, 1.807) is 0 Å². The Balaban J connectivity index is 0.00000124. The molecule has 9 heteroatoms. The molecule has 2 fully saturated rings. The second-order valence-corrected chi connectivity index (χ2v) is 13.5. The summed E-state index contributed by atoms with van der Waals surface area (Å²) in [7, 11) is 4.22. The van der Waals surface area contributed by atoms with Gasteiger partial charge in [0.25, 0.3) is 5.97 Å². The number of amides is 2. The third-order valence-corrected chi connectivity index (χ3v) is 9.72. The molecule has 3 aliphatic heterocycles. The number of unbranched alkanes of at least 4 members (excludes halogenated alkanes) is 2. The van der Waals surface area contributed by atoms with Crippen LogP contribution in [0.4, 0.5) is 0 Å². The van der Waals surface area contributed by atoms with E-state index in [1.165, 1.54) is 11.1 Å². The molecule has 1 aromatic rings. The normalized spacial score (nSPS) is 23.0. The number of carbonyl (C=O) groups excluding carboxylic acids is 2. The Bertz CT molecular complexity index is 1090. The molecule has 44 heavy (non-hydrogen) atoms. The van der Waals surface area contributed by atoms with E-state index in [1.807, 2.05) is 0 Å². The third kappa shape index (κ3) is 10.2. The molecule has 3 aliphatic rings. The number of benzene rings is 1. The Morgan fingerprint density at radius 1 is 1.11 bits per heavy atom. The van der Waals surface area contributed by atoms with Crippen LogP contribution in [0.3, 0.4) is 0 Å². The molecule has 0 aliphatic carbocycles. The number of ether oxygens (including phenoxy) is 1. The van der Waals surface area contributed by atoms with Crippen molar-refractivity contribution in [3.63, 3.8) is 0 Å². The Kier molecular flexibility index (Phi) is 14.0. The molecule has 3 heterocycles. The molecular formula is C35H58N4O5. The minimum absolute atomic E-state index is 0.202. The van der Waals surface area contributed by atoms with E-state index < -0.39 is 5.97 Å². The zero-order chi connectivity index (χ0) is 32.3. The number of carboxylic acids is 1. The van der Waals surface area contributed by atoms with Gasteiger partial charge in [-0.1, -0.05) is 39.3 Å². The van der Waals surface area contributed by atoms with Gasteiger partial charge >= 0.3 is 0 Å². The van der Waals surface area contributed by atoms with Crippen LogP contribution in [-0.4, -0.2) is 115 Å². The maximum Gasteiger partial charge on any atom is 0.300 e. The van der Waals surface area contributed by atoms with Gasteiger partial charge in [-0.15, -0.1) is 0 Å². The molecule has 0 aromatic heterocycles. The fourth-order valence-electron chi connectivity index (χ4n) is 6.71. The Morgan fingerprint density at radius 3 is 2.48 bits per heavy atom. The first-order valence-corrected chi connectivity index (χ1v) is 16.9. The van der Waals surface area contributed by atoms with Crippen molar-refractivity contribution in [2.45, 2.75) is 97.4 Å². The van der Waals surface area contributed by atoms with Gasteiger partial charge in [0.15, 0.2) is 0 Å². The van der Waals surface area contributed by atoms with Gasteiger partial charge in [-0.2, -0.15) is 0 Å². The molecule has 2 saturated heterocycles. The second-order valence-electron chi connectivity index (χ2n) is 13.5. The molecule has 0 radical (unpaired) electrons. The monoisotopic (exact) mass is 614 g/mol. The lowest BCUT2D eigenvalue weighted by molar-refractivity contribution is -0.136. The van der Waals surface area contributed by atoms with Crippen LogP contribution < -0.4 is 4.74 Å². The molecular weight excluding hydrogens is 556 g/mol. The second kappa shape index (κ2) is 17.2. The highest BCUT2D eigenvalue weighted by Gasteiger charge is 2.42. The topological polar surface area (TPSA) is 93.6 Å². The first-order chi connectivity index (χ1) is 21.0. The molecule has 3 atom stereocenters. The molecule has 0 bridgehead atoms. The zero-order valence-corrected chi connectivity index (χ0v) is 28.3. The van der Waals surface area contributed by atoms with E-state index in [-0.39, 0.29) is 11.3 Å². The predicted molar refractivity (Wildman–Crippen MR) is 175 cm³/mol. The largest absolute Gasteiger partial charge is 0.493 e. The SMILES string of the molecule is CC(=O)O.CCCCN(CCCCN(C)C)C(=O)CN1C[C@H](c2ccc3c(c2)CCO3)C[C@@H]1CCN1CCC(C)(CC)C1=O. The van der Waals surface area contributed by atoms with Crippen LogP contribution in [0, 0.1) is 5.41 Å². The number of likely N-dealkylation sites (tertiary alicyclic amines) is 2. The van der Waals surface area contributed by atoms with Crippen LogP contribution in [0.1, 0.15) is 96.1 Å². The number of fused-ring (bicyclic) bond motifs is 1. The van der Waals surface area contributed by atoms with E-state index in [0.29, 0.717) is 24.4 Å². The van der Waals surface area contributed by atoms with Crippen molar-refractivity contribution in [3.05, 3.63) is 29.3 Å². The van der Waals surface area contributed by atoms with Gasteiger partial charge in [-0.3, -0.25) is 19.3 Å². The lowest BCUT2D eigenvalue weighted by Gasteiger charge is -2.30. The number of carboxylic acid groups (broad SMARTS) is 1. The molecule has 1 N–H and O–H groups in total. The first-order valence-electron chi connectivity index (χ1n) is 16.9. The van der Waals surface area contributed by atoms with Crippen molar-refractivity contribution in [1.29, 1.82) is 0 Å². The summed E-state index contributed by atoms with van der Waals surface area (Å²) in [6, 6.07) is 7.01. The number of carbonyl (C=O) groups is 3. The number of hydrogen-bond donors (Lipinski definition) is 1. The van der Waals surface area contributed by atoms with Gasteiger partial charge < -0.3 is 24.5 Å². The van der Waals surface area contributed by atoms with Crippen molar-refractivity contribution in [2.75, 3.05) is 66.5 Å². The van der Waals surface area contributed by atoms with Crippen LogP contribution >= 0.6 is 0 Å². The van der Waals surface area contributed by atoms with Crippen LogP contribution in [0.15, 0.2) is 18.2 Å². The quantitative estimate of drug-likeness (QED) is 0.282. The third-order valence-electron chi connectivity index (χ3n) is 9.72. The summed E-state index contributed by atoms with van der Waals surface area (Å²) in [6.45, 7) is 14.1. The molecule has 1 aromatic carbocycles. The van der Waals surface area contributed by atoms with Gasteiger partial charge in [0.05, 0.1) is 13.2 Å². The van der Waals surface area contributed by atoms with E-state index in [2.05, 4.69) is 72.7 Å². The average molecular weight is 615 g/mol. The molecule has 0 saturated carbocycles. The summed E-state index contributed by atoms with van der Waals surface area (Å²) in [4.78, 5) is 44.7. The van der Waals surface area contributed by atoms with Crippen LogP contribution in [0.25, 0.3) is 0 Å². The van der Waals surface area contributed by atoms with Crippen molar-refractivity contribution in [2.24, 2.45) is 5.41 Å². The minimum Gasteiger partial charge on any atom is -0.493 e. The van der Waals surface area contributed by atoms with Gasteiger partial charge in [0, 0.05) is 57.5 Å². The smallest absolute Gasteiger partial charge is 0.300 e. The fraction of sp³-hybridized carbons (Fsp3) is 0.743. The number of hydrogen-bond acceptors (Lipinski definition) is 6. The van der Waals surface area contributed by atoms with Gasteiger partial charge in [0.1, 0.15) is 5.75 Å². The first kappa shape index (κ1) is 35.8. The van der Waals surface area contributed by atoms with E-state index >= 15 is 0 Å². The lowest BCUT2D eigenvalue weighted by atomic mass is 9.86. The van der Waals surface area contributed by atoms with Crippen molar-refractivity contribution >= 4 is 17.8 Å². The Morgan fingerprint density at radius 2 is 1.82 bits per heavy atom. The summed E-state index contributed by atoms with van der Waals surface area (Å²) in [5.74, 6) is 1.18. The standard InChI is InChI=1S/C33H54N4O3.C2H4O2/c1-6-8-17-35(18-10-9-16-34(4)5)31(38)25-37-24-28(26-11-12-30-27(22-26)14-21-40-30)23-29(37)13-19-36-20-15-33(3,7-2)32(36)39;1-2(3)4/h11-12,22,28-29H,6-10,13-21,23-25H2,1-5H3;1H3,(H,3,4)/t28-,29+,33?;/m1./s1. The Labute approximate surface area is 265 Å². The summed E-state index contributed by atoms with van der Waals surface area (Å²) in [5, 5.41) is 7.42. The van der Waals surface area contributed by atoms with Crippen LogP contribution in [-0.2, 0) is 20.8 Å². The maximum atomic E-state index is 13.7. The highest BCUT2D eigenvalue weighted by atomic mass is 16.5. The minimum atomic E-state index is -0.833. The average Bonchev–Trinajstić information content (AvgIpc) is 3.69. The van der Waals surface area contributed by atoms with Gasteiger partial charge in [0.2, 0.25) is 11.8 Å². The number of rotatable bonds is 15.